The lowest BCUT2D eigenvalue weighted by Gasteiger charge is -2.40. The molecular formula is C32H36N5O5S-. The van der Waals surface area contributed by atoms with Crippen LogP contribution in [0.15, 0.2) is 78.9 Å². The van der Waals surface area contributed by atoms with Gasteiger partial charge in [-0.15, -0.1) is 0 Å². The molecule has 43 heavy (non-hydrogen) atoms. The first-order chi connectivity index (χ1) is 20.8. The first-order valence-electron chi connectivity index (χ1n) is 14.2. The number of aromatic nitrogens is 1. The maximum Gasteiger partial charge on any atom is 0.262 e. The van der Waals surface area contributed by atoms with Crippen LogP contribution in [-0.4, -0.2) is 73.4 Å². The Morgan fingerprint density at radius 2 is 1.74 bits per heavy atom. The van der Waals surface area contributed by atoms with E-state index in [1.165, 1.54) is 11.1 Å². The van der Waals surface area contributed by atoms with Gasteiger partial charge >= 0.3 is 0 Å². The van der Waals surface area contributed by atoms with Crippen molar-refractivity contribution in [2.45, 2.75) is 33.0 Å². The highest BCUT2D eigenvalue weighted by Crippen LogP contribution is 2.25. The van der Waals surface area contributed by atoms with E-state index in [-0.39, 0.29) is 6.54 Å². The van der Waals surface area contributed by atoms with Crippen molar-refractivity contribution >= 4 is 33.8 Å². The molecule has 1 saturated heterocycles. The number of amides is 1. The molecule has 1 unspecified atom stereocenters. The zero-order valence-corrected chi connectivity index (χ0v) is 25.1. The van der Waals surface area contributed by atoms with E-state index in [1.807, 2.05) is 42.2 Å². The standard InChI is InChI=1S/C32H37N5O5S/c1-23-7-9-25(10-8-23)20-35-15-17-36(18-16-35)31(32(38)34-39)21-37(43(40)41)27-11-13-28(14-12-27)42-22-26-19-24(2)33-30-6-4-3-5-29(26)30/h3-14,19,31,39H,15-18,20-22H2,1-2H3,(H,34,38)(H,40,41)/p-1/t31-/m0/s1. The number of benzene rings is 3. The quantitative estimate of drug-likeness (QED) is 0.151. The van der Waals surface area contributed by atoms with E-state index in [0.717, 1.165) is 33.0 Å². The van der Waals surface area contributed by atoms with Gasteiger partial charge in [-0.3, -0.25) is 29.0 Å². The summed E-state index contributed by atoms with van der Waals surface area (Å²) in [4.78, 5) is 21.5. The van der Waals surface area contributed by atoms with Crippen LogP contribution in [0.4, 0.5) is 5.69 Å². The molecule has 1 amide bonds. The van der Waals surface area contributed by atoms with E-state index < -0.39 is 23.2 Å². The lowest BCUT2D eigenvalue weighted by Crippen LogP contribution is -2.58. The smallest absolute Gasteiger partial charge is 0.262 e. The normalized spacial score (nSPS) is 15.6. The minimum atomic E-state index is -2.65. The van der Waals surface area contributed by atoms with Gasteiger partial charge in [0.15, 0.2) is 0 Å². The summed E-state index contributed by atoms with van der Waals surface area (Å²) in [7, 11) is 0. The van der Waals surface area contributed by atoms with Gasteiger partial charge in [0.25, 0.3) is 5.91 Å². The van der Waals surface area contributed by atoms with Crippen LogP contribution in [0.3, 0.4) is 0 Å². The van der Waals surface area contributed by atoms with Gasteiger partial charge in [0.05, 0.1) is 12.1 Å². The molecule has 2 N–H and O–H groups in total. The topological polar surface area (TPSA) is 121 Å². The van der Waals surface area contributed by atoms with Crippen LogP contribution >= 0.6 is 0 Å². The third-order valence-electron chi connectivity index (χ3n) is 7.75. The molecule has 2 atom stereocenters. The molecule has 1 aliphatic rings. The number of para-hydroxylation sites is 1. The van der Waals surface area contributed by atoms with Gasteiger partial charge in [-0.25, -0.2) is 5.48 Å². The molecule has 10 nitrogen and oxygen atoms in total. The van der Waals surface area contributed by atoms with Crippen LogP contribution in [0.5, 0.6) is 5.75 Å². The SMILES string of the molecule is Cc1ccc(CN2CCN([C@@H](CN(c3ccc(OCc4cc(C)nc5ccccc45)cc3)S(=O)[O-])C(=O)NO)CC2)cc1. The molecular weight excluding hydrogens is 566 g/mol. The van der Waals surface area contributed by atoms with Crippen LogP contribution < -0.4 is 14.5 Å². The average Bonchev–Trinajstić information content (AvgIpc) is 3.02. The van der Waals surface area contributed by atoms with Crippen molar-refractivity contribution in [2.75, 3.05) is 37.0 Å². The number of hydroxylamine groups is 1. The molecule has 4 aromatic rings. The minimum Gasteiger partial charge on any atom is -0.755 e. The fourth-order valence-electron chi connectivity index (χ4n) is 5.42. The van der Waals surface area contributed by atoms with Gasteiger partial charge in [0.2, 0.25) is 0 Å². The highest BCUT2D eigenvalue weighted by Gasteiger charge is 2.31. The minimum absolute atomic E-state index is 0.150. The van der Waals surface area contributed by atoms with Crippen LogP contribution in [0, 0.1) is 13.8 Å². The Labute approximate surface area is 254 Å². The van der Waals surface area contributed by atoms with Gasteiger partial charge in [-0.1, -0.05) is 48.0 Å². The second kappa shape index (κ2) is 14.1. The molecule has 2 heterocycles. The van der Waals surface area contributed by atoms with E-state index in [0.29, 0.717) is 44.2 Å². The zero-order chi connectivity index (χ0) is 30.3. The summed E-state index contributed by atoms with van der Waals surface area (Å²) in [5.74, 6) is -0.0736. The van der Waals surface area contributed by atoms with Crippen molar-refractivity contribution in [2.24, 2.45) is 0 Å². The van der Waals surface area contributed by atoms with Crippen molar-refractivity contribution in [1.29, 1.82) is 0 Å². The molecule has 3 aromatic carbocycles. The maximum atomic E-state index is 12.7. The Hall–Kier alpha value is -3.87. The summed E-state index contributed by atoms with van der Waals surface area (Å²) in [6.07, 6.45) is 0. The Morgan fingerprint density at radius 1 is 1.05 bits per heavy atom. The third-order valence-corrected chi connectivity index (χ3v) is 8.47. The fraction of sp³-hybridized carbons (Fsp3) is 0.312. The van der Waals surface area contributed by atoms with Gasteiger partial charge < -0.3 is 13.6 Å². The molecule has 1 aliphatic heterocycles. The Balaban J connectivity index is 1.23. The van der Waals surface area contributed by atoms with E-state index in [1.54, 1.807) is 29.7 Å². The number of pyridine rings is 1. The molecule has 0 saturated carbocycles. The Bertz CT molecular complexity index is 1560. The van der Waals surface area contributed by atoms with E-state index in [2.05, 4.69) is 41.1 Å². The number of hydrogen-bond acceptors (Lipinski definition) is 8. The number of hydrogen-bond donors (Lipinski definition) is 2. The first-order valence-corrected chi connectivity index (χ1v) is 15.2. The van der Waals surface area contributed by atoms with Gasteiger partial charge in [0.1, 0.15) is 18.4 Å². The van der Waals surface area contributed by atoms with Gasteiger partial charge in [-0.05, 0) is 55.8 Å². The predicted molar refractivity (Wildman–Crippen MR) is 165 cm³/mol. The number of carbonyl (C=O) groups excluding carboxylic acids is 1. The third kappa shape index (κ3) is 7.75. The first kappa shape index (κ1) is 30.6. The van der Waals surface area contributed by atoms with Gasteiger partial charge in [-0.2, -0.15) is 0 Å². The average molecular weight is 603 g/mol. The van der Waals surface area contributed by atoms with E-state index >= 15 is 0 Å². The summed E-state index contributed by atoms with van der Waals surface area (Å²) < 4.78 is 31.8. The number of fused-ring (bicyclic) bond motifs is 1. The zero-order valence-electron chi connectivity index (χ0n) is 24.3. The number of nitrogens with zero attached hydrogens (tertiary/aromatic N) is 4. The molecule has 226 valence electrons. The number of anilines is 1. The van der Waals surface area contributed by atoms with E-state index in [9.17, 15) is 18.8 Å². The lowest BCUT2D eigenvalue weighted by atomic mass is 10.1. The summed E-state index contributed by atoms with van der Waals surface area (Å²) in [6.45, 7) is 7.51. The van der Waals surface area contributed by atoms with Crippen LogP contribution in [-0.2, 0) is 29.2 Å². The Kier molecular flexibility index (Phi) is 10.0. The molecule has 0 spiro atoms. The number of piperazine rings is 1. The second-order valence-corrected chi connectivity index (χ2v) is 11.7. The fourth-order valence-corrected chi connectivity index (χ4v) is 5.97. The number of carbonyl (C=O) groups is 1. The van der Waals surface area contributed by atoms with Gasteiger partial charge in [0, 0.05) is 66.3 Å². The molecule has 0 radical (unpaired) electrons. The monoisotopic (exact) mass is 602 g/mol. The van der Waals surface area contributed by atoms with Crippen molar-refractivity contribution in [1.82, 2.24) is 20.3 Å². The summed E-state index contributed by atoms with van der Waals surface area (Å²) in [6, 6.07) is 24.1. The van der Waals surface area contributed by atoms with Crippen molar-refractivity contribution in [3.63, 3.8) is 0 Å². The molecule has 1 aromatic heterocycles. The van der Waals surface area contributed by atoms with Crippen LogP contribution in [0.1, 0.15) is 22.4 Å². The molecule has 11 heteroatoms. The second-order valence-electron chi connectivity index (χ2n) is 10.8. The van der Waals surface area contributed by atoms with Crippen LogP contribution in [0.2, 0.25) is 0 Å². The van der Waals surface area contributed by atoms with Crippen molar-refractivity contribution in [3.05, 3.63) is 101 Å². The summed E-state index contributed by atoms with van der Waals surface area (Å²) in [5.41, 5.74) is 7.35. The predicted octanol–water partition coefficient (Wildman–Crippen LogP) is 3.72. The number of ether oxygens (including phenoxy) is 1. The highest BCUT2D eigenvalue weighted by molar-refractivity contribution is 7.80. The van der Waals surface area contributed by atoms with E-state index in [4.69, 9.17) is 4.74 Å². The number of aryl methyl sites for hydroxylation is 2. The maximum absolute atomic E-state index is 12.7. The molecule has 5 rings (SSSR count). The summed E-state index contributed by atoms with van der Waals surface area (Å²) in [5, 5.41) is 10.5. The lowest BCUT2D eigenvalue weighted by molar-refractivity contribution is -0.135. The molecule has 0 bridgehead atoms. The summed E-state index contributed by atoms with van der Waals surface area (Å²) >= 11 is -2.65. The largest absolute Gasteiger partial charge is 0.755 e. The number of nitrogens with one attached hydrogen (secondary N) is 1. The number of rotatable bonds is 11. The Morgan fingerprint density at radius 3 is 2.42 bits per heavy atom. The van der Waals surface area contributed by atoms with Crippen molar-refractivity contribution in [3.8, 4) is 5.75 Å². The van der Waals surface area contributed by atoms with Crippen molar-refractivity contribution < 1.29 is 23.5 Å². The van der Waals surface area contributed by atoms with Crippen LogP contribution in [0.25, 0.3) is 10.9 Å². The highest BCUT2D eigenvalue weighted by atomic mass is 32.2. The molecule has 1 fully saturated rings. The molecule has 0 aliphatic carbocycles.